The lowest BCUT2D eigenvalue weighted by atomic mass is 9.81. The van der Waals surface area contributed by atoms with Crippen molar-refractivity contribution in [1.29, 1.82) is 0 Å². The van der Waals surface area contributed by atoms with Crippen LogP contribution in [-0.2, 0) is 11.8 Å². The monoisotopic (exact) mass is 293 g/mol. The Kier molecular flexibility index (Phi) is 4.30. The summed E-state index contributed by atoms with van der Waals surface area (Å²) in [6.45, 7) is 8.04. The summed E-state index contributed by atoms with van der Waals surface area (Å²) in [5, 5.41) is 7.33. The Hall–Kier alpha value is -1.52. The van der Waals surface area contributed by atoms with Crippen molar-refractivity contribution >= 4 is 6.09 Å². The van der Waals surface area contributed by atoms with Crippen LogP contribution in [0.25, 0.3) is 0 Å². The molecule has 1 aliphatic rings. The maximum Gasteiger partial charge on any atom is 0.408 e. The third kappa shape index (κ3) is 3.99. The van der Waals surface area contributed by atoms with Crippen molar-refractivity contribution < 1.29 is 9.53 Å². The van der Waals surface area contributed by atoms with Gasteiger partial charge in [-0.25, -0.2) is 4.79 Å². The van der Waals surface area contributed by atoms with Gasteiger partial charge in [-0.2, -0.15) is 5.10 Å². The van der Waals surface area contributed by atoms with Gasteiger partial charge < -0.3 is 10.1 Å². The lowest BCUT2D eigenvalue weighted by Gasteiger charge is -2.33. The second kappa shape index (κ2) is 5.70. The van der Waals surface area contributed by atoms with E-state index in [1.54, 1.807) is 4.68 Å². The van der Waals surface area contributed by atoms with Gasteiger partial charge >= 0.3 is 6.09 Å². The molecule has 5 heteroatoms. The van der Waals surface area contributed by atoms with Crippen LogP contribution in [-0.4, -0.2) is 21.4 Å². The smallest absolute Gasteiger partial charge is 0.408 e. The Morgan fingerprint density at radius 2 is 2.05 bits per heavy atom. The maximum atomic E-state index is 12.2. The largest absolute Gasteiger partial charge is 0.439 e. The number of hydrogen-bond acceptors (Lipinski definition) is 3. The molecular weight excluding hydrogens is 266 g/mol. The van der Waals surface area contributed by atoms with Crippen LogP contribution >= 0.6 is 0 Å². The van der Waals surface area contributed by atoms with Gasteiger partial charge in [0.1, 0.15) is 5.69 Å². The zero-order chi connectivity index (χ0) is 15.7. The normalized spacial score (nSPS) is 19.3. The average molecular weight is 293 g/mol. The van der Waals surface area contributed by atoms with Crippen molar-refractivity contribution in [3.8, 4) is 0 Å². The fourth-order valence-corrected chi connectivity index (χ4v) is 3.02. The maximum absolute atomic E-state index is 12.2. The summed E-state index contributed by atoms with van der Waals surface area (Å²) in [5.74, 6) is 0. The number of hydrogen-bond donors (Lipinski definition) is 1. The molecule has 1 aliphatic carbocycles. The number of amides is 1. The van der Waals surface area contributed by atoms with Crippen LogP contribution in [0, 0.1) is 5.41 Å². The van der Waals surface area contributed by atoms with Crippen molar-refractivity contribution in [2.75, 3.05) is 0 Å². The fraction of sp³-hybridized carbons (Fsp3) is 0.750. The Labute approximate surface area is 127 Å². The van der Waals surface area contributed by atoms with Crippen molar-refractivity contribution in [2.45, 2.75) is 65.0 Å². The number of nitrogens with zero attached hydrogens (tertiary/aromatic N) is 2. The van der Waals surface area contributed by atoms with Gasteiger partial charge in [-0.3, -0.25) is 4.68 Å². The predicted molar refractivity (Wildman–Crippen MR) is 81.9 cm³/mol. The van der Waals surface area contributed by atoms with Gasteiger partial charge in [0.2, 0.25) is 0 Å². The third-order valence-electron chi connectivity index (χ3n) is 4.08. The first-order chi connectivity index (χ1) is 9.70. The first kappa shape index (κ1) is 15.9. The predicted octanol–water partition coefficient (Wildman–Crippen LogP) is 3.57. The number of carbonyl (C=O) groups is 1. The summed E-state index contributed by atoms with van der Waals surface area (Å²) < 4.78 is 7.54. The Balaban J connectivity index is 2.18. The minimum absolute atomic E-state index is 0.0242. The van der Waals surface area contributed by atoms with Crippen LogP contribution in [0.3, 0.4) is 0 Å². The van der Waals surface area contributed by atoms with Gasteiger partial charge in [0, 0.05) is 24.2 Å². The lowest BCUT2D eigenvalue weighted by Crippen LogP contribution is -2.42. The number of rotatable bonds is 3. The van der Waals surface area contributed by atoms with Crippen LogP contribution in [0.2, 0.25) is 0 Å². The Morgan fingerprint density at radius 3 is 2.52 bits per heavy atom. The van der Waals surface area contributed by atoms with E-state index in [2.05, 4.69) is 17.3 Å². The van der Waals surface area contributed by atoms with Crippen LogP contribution in [0.1, 0.15) is 65.2 Å². The van der Waals surface area contributed by atoms with Crippen molar-refractivity contribution in [1.82, 2.24) is 15.1 Å². The first-order valence-electron chi connectivity index (χ1n) is 7.68. The molecule has 1 N–H and O–H groups in total. The molecule has 5 nitrogen and oxygen atoms in total. The van der Waals surface area contributed by atoms with E-state index in [9.17, 15) is 4.79 Å². The van der Waals surface area contributed by atoms with E-state index < -0.39 is 0 Å². The van der Waals surface area contributed by atoms with Gasteiger partial charge in [-0.15, -0.1) is 0 Å². The van der Waals surface area contributed by atoms with Gasteiger partial charge in [0.15, 0.2) is 6.10 Å². The summed E-state index contributed by atoms with van der Waals surface area (Å²) in [6, 6.07) is 1.94. The Bertz CT molecular complexity index is 496. The molecule has 1 aromatic rings. The van der Waals surface area contributed by atoms with Crippen LogP contribution in [0.15, 0.2) is 12.3 Å². The molecule has 118 valence electrons. The molecule has 2 rings (SSSR count). The molecule has 0 bridgehead atoms. The van der Waals surface area contributed by atoms with Crippen molar-refractivity contribution in [2.24, 2.45) is 12.5 Å². The highest BCUT2D eigenvalue weighted by molar-refractivity contribution is 5.68. The number of alkyl carbamates (subject to hydrolysis) is 1. The second-order valence-corrected chi connectivity index (χ2v) is 7.44. The highest BCUT2D eigenvalue weighted by atomic mass is 16.6. The minimum Gasteiger partial charge on any atom is -0.439 e. The first-order valence-corrected chi connectivity index (χ1v) is 7.68. The summed E-state index contributed by atoms with van der Waals surface area (Å²) in [5.41, 5.74) is 0.511. The molecule has 0 unspecified atom stereocenters. The molecule has 0 spiro atoms. The minimum atomic E-state index is -0.369. The molecule has 0 saturated heterocycles. The molecule has 0 radical (unpaired) electrons. The number of ether oxygens (including phenoxy) is 1. The van der Waals surface area contributed by atoms with Gasteiger partial charge in [0.05, 0.1) is 0 Å². The van der Waals surface area contributed by atoms with E-state index in [4.69, 9.17) is 4.74 Å². The summed E-state index contributed by atoms with van der Waals surface area (Å²) >= 11 is 0. The summed E-state index contributed by atoms with van der Waals surface area (Å²) in [6.07, 6.45) is 5.74. The quantitative estimate of drug-likeness (QED) is 0.927. The fourth-order valence-electron chi connectivity index (χ4n) is 3.02. The molecule has 1 aromatic heterocycles. The molecule has 0 aromatic carbocycles. The second-order valence-electron chi connectivity index (χ2n) is 7.44. The summed E-state index contributed by atoms with van der Waals surface area (Å²) in [4.78, 5) is 12.2. The number of aromatic nitrogens is 2. The highest BCUT2D eigenvalue weighted by Gasteiger charge is 2.42. The number of nitrogens with one attached hydrogen (secondary N) is 1. The number of aryl methyl sites for hydroxylation is 1. The van der Waals surface area contributed by atoms with E-state index in [0.717, 1.165) is 18.5 Å². The lowest BCUT2D eigenvalue weighted by molar-refractivity contribution is 0.00903. The molecule has 1 fully saturated rings. The van der Waals surface area contributed by atoms with E-state index in [-0.39, 0.29) is 23.2 Å². The molecule has 1 saturated carbocycles. The van der Waals surface area contributed by atoms with Crippen molar-refractivity contribution in [3.05, 3.63) is 18.0 Å². The highest BCUT2D eigenvalue weighted by Crippen LogP contribution is 2.48. The van der Waals surface area contributed by atoms with Crippen LogP contribution in [0.5, 0.6) is 0 Å². The average Bonchev–Trinajstić information content (AvgIpc) is 2.94. The zero-order valence-electron chi connectivity index (χ0n) is 13.8. The Morgan fingerprint density at radius 1 is 1.43 bits per heavy atom. The molecule has 1 heterocycles. The summed E-state index contributed by atoms with van der Waals surface area (Å²) in [7, 11) is 1.88. The van der Waals surface area contributed by atoms with E-state index in [0.29, 0.717) is 0 Å². The zero-order valence-corrected chi connectivity index (χ0v) is 13.8. The number of carbonyl (C=O) groups excluding carboxylic acids is 1. The van der Waals surface area contributed by atoms with Gasteiger partial charge in [-0.05, 0) is 39.7 Å². The van der Waals surface area contributed by atoms with Crippen LogP contribution < -0.4 is 5.32 Å². The van der Waals surface area contributed by atoms with Gasteiger partial charge in [0.25, 0.3) is 0 Å². The van der Waals surface area contributed by atoms with E-state index in [1.165, 1.54) is 12.8 Å². The van der Waals surface area contributed by atoms with E-state index in [1.807, 2.05) is 40.1 Å². The topological polar surface area (TPSA) is 56.1 Å². The third-order valence-corrected chi connectivity index (χ3v) is 4.08. The molecule has 1 atom stereocenters. The van der Waals surface area contributed by atoms with Gasteiger partial charge in [-0.1, -0.05) is 19.8 Å². The van der Waals surface area contributed by atoms with E-state index >= 15 is 0 Å². The SMILES string of the molecule is Cn1ccc([C@H](OC(=O)NC(C)(C)C)C2(C)CCCC2)n1. The molecule has 1 amide bonds. The van der Waals surface area contributed by atoms with Crippen LogP contribution in [0.4, 0.5) is 4.79 Å². The molecule has 0 aliphatic heterocycles. The standard InChI is InChI=1S/C16H27N3O2/c1-15(2,3)17-14(20)21-13(12-8-11-19(5)18-12)16(4)9-6-7-10-16/h8,11,13H,6-7,9-10H2,1-5H3,(H,17,20)/t13-/m0/s1. The van der Waals surface area contributed by atoms with Crippen molar-refractivity contribution in [3.63, 3.8) is 0 Å². The molecular formula is C16H27N3O2. The molecule has 21 heavy (non-hydrogen) atoms.